The van der Waals surface area contributed by atoms with E-state index in [4.69, 9.17) is 14.8 Å². The van der Waals surface area contributed by atoms with Crippen molar-refractivity contribution in [1.82, 2.24) is 24.8 Å². The van der Waals surface area contributed by atoms with Crippen LogP contribution in [0.4, 0.5) is 5.69 Å². The third-order valence-corrected chi connectivity index (χ3v) is 6.57. The first-order chi connectivity index (χ1) is 16.6. The fraction of sp³-hybridized carbons (Fsp3) is 0.320. The van der Waals surface area contributed by atoms with Crippen molar-refractivity contribution >= 4 is 32.8 Å². The van der Waals surface area contributed by atoms with Crippen molar-refractivity contribution in [3.63, 3.8) is 0 Å². The molecule has 1 aliphatic rings. The van der Waals surface area contributed by atoms with Gasteiger partial charge in [0.25, 0.3) is 0 Å². The molecule has 0 spiro atoms. The maximum absolute atomic E-state index is 8.93. The molecule has 5 rings (SSSR count). The van der Waals surface area contributed by atoms with Crippen molar-refractivity contribution in [2.45, 2.75) is 13.5 Å². The highest BCUT2D eigenvalue weighted by molar-refractivity contribution is 9.10. The number of aromatic amines is 1. The molecule has 0 saturated carbocycles. The van der Waals surface area contributed by atoms with Crippen molar-refractivity contribution < 1.29 is 9.84 Å². The van der Waals surface area contributed by atoms with Crippen LogP contribution in [-0.4, -0.2) is 69.3 Å². The predicted octanol–water partition coefficient (Wildman–Crippen LogP) is 3.78. The molecule has 1 saturated heterocycles. The average Bonchev–Trinajstić information content (AvgIpc) is 3.28. The number of anilines is 1. The molecule has 1 fully saturated rings. The van der Waals surface area contributed by atoms with Crippen molar-refractivity contribution in [2.75, 3.05) is 44.3 Å². The van der Waals surface area contributed by atoms with Gasteiger partial charge in [0.15, 0.2) is 5.65 Å². The third-order valence-electron chi connectivity index (χ3n) is 5.99. The number of nitrogens with zero attached hydrogens (tertiary/aromatic N) is 5. The summed E-state index contributed by atoms with van der Waals surface area (Å²) in [6.45, 7) is 7.03. The maximum atomic E-state index is 8.93. The van der Waals surface area contributed by atoms with E-state index in [1.165, 1.54) is 5.56 Å². The molecule has 4 heterocycles. The summed E-state index contributed by atoms with van der Waals surface area (Å²) in [4.78, 5) is 22.0. The van der Waals surface area contributed by atoms with E-state index in [1.54, 1.807) is 0 Å². The summed E-state index contributed by atoms with van der Waals surface area (Å²) in [5.41, 5.74) is 6.02. The lowest BCUT2D eigenvalue weighted by atomic mass is 10.2. The van der Waals surface area contributed by atoms with Crippen LogP contribution in [0.2, 0.25) is 0 Å². The number of ether oxygens (including phenoxy) is 1. The number of imidazole rings is 1. The zero-order chi connectivity index (χ0) is 23.5. The minimum Gasteiger partial charge on any atom is -0.491 e. The van der Waals surface area contributed by atoms with Gasteiger partial charge in [-0.3, -0.25) is 9.88 Å². The molecule has 34 heavy (non-hydrogen) atoms. The number of pyridine rings is 2. The number of halogens is 1. The zero-order valence-corrected chi connectivity index (χ0v) is 20.6. The second-order valence-corrected chi connectivity index (χ2v) is 9.26. The lowest BCUT2D eigenvalue weighted by Crippen LogP contribution is -2.46. The standard InChI is InChI=1S/C25H27BrN6O2/c1-17-14-18(6-7-27-17)16-31-8-10-32(11-9-31)23-21(26)15-28-25-22(23)29-24(30-25)19-2-4-20(5-3-19)34-13-12-33/h2-7,14-15,33H,8-13,16H2,1H3,(H,28,29,30). The van der Waals surface area contributed by atoms with E-state index in [1.807, 2.05) is 43.6 Å². The van der Waals surface area contributed by atoms with Crippen molar-refractivity contribution in [2.24, 2.45) is 0 Å². The van der Waals surface area contributed by atoms with Crippen molar-refractivity contribution in [3.05, 3.63) is 64.5 Å². The van der Waals surface area contributed by atoms with Gasteiger partial charge in [0, 0.05) is 56.4 Å². The molecule has 0 aliphatic carbocycles. The number of rotatable bonds is 7. The van der Waals surface area contributed by atoms with Gasteiger partial charge in [-0.1, -0.05) is 0 Å². The molecule has 0 radical (unpaired) electrons. The van der Waals surface area contributed by atoms with E-state index in [0.717, 1.165) is 76.9 Å². The second-order valence-electron chi connectivity index (χ2n) is 8.40. The number of aliphatic hydroxyl groups is 1. The number of fused-ring (bicyclic) bond motifs is 1. The van der Waals surface area contributed by atoms with Crippen LogP contribution in [0.1, 0.15) is 11.3 Å². The van der Waals surface area contributed by atoms with Gasteiger partial charge in [0.05, 0.1) is 16.8 Å². The van der Waals surface area contributed by atoms with E-state index < -0.39 is 0 Å². The molecule has 2 N–H and O–H groups in total. The van der Waals surface area contributed by atoms with E-state index in [-0.39, 0.29) is 13.2 Å². The van der Waals surface area contributed by atoms with Gasteiger partial charge < -0.3 is 19.7 Å². The van der Waals surface area contributed by atoms with E-state index in [9.17, 15) is 0 Å². The summed E-state index contributed by atoms with van der Waals surface area (Å²) in [5, 5.41) is 8.93. The number of aromatic nitrogens is 4. The Bertz CT molecular complexity index is 1270. The molecular weight excluding hydrogens is 496 g/mol. The largest absolute Gasteiger partial charge is 0.491 e. The quantitative estimate of drug-likeness (QED) is 0.381. The Kier molecular flexibility index (Phi) is 6.75. The molecule has 9 heteroatoms. The zero-order valence-electron chi connectivity index (χ0n) is 19.0. The first-order valence-electron chi connectivity index (χ1n) is 11.4. The van der Waals surface area contributed by atoms with Gasteiger partial charge >= 0.3 is 0 Å². The van der Waals surface area contributed by atoms with E-state index in [0.29, 0.717) is 0 Å². The Labute approximate surface area is 206 Å². The molecular formula is C25H27BrN6O2. The summed E-state index contributed by atoms with van der Waals surface area (Å²) in [7, 11) is 0. The molecule has 176 valence electrons. The van der Waals surface area contributed by atoms with Crippen LogP contribution in [0.25, 0.3) is 22.6 Å². The van der Waals surface area contributed by atoms with Crippen molar-refractivity contribution in [1.29, 1.82) is 0 Å². The second kappa shape index (κ2) is 10.1. The number of hydrogen-bond donors (Lipinski definition) is 2. The van der Waals surface area contributed by atoms with Crippen LogP contribution in [0.3, 0.4) is 0 Å². The van der Waals surface area contributed by atoms with Crippen LogP contribution >= 0.6 is 15.9 Å². The SMILES string of the molecule is Cc1cc(CN2CCN(c3c(Br)cnc4[nH]c(-c5ccc(OCCO)cc5)nc34)CC2)ccn1. The summed E-state index contributed by atoms with van der Waals surface area (Å²) in [6, 6.07) is 11.9. The Hall–Kier alpha value is -3.01. The molecule has 8 nitrogen and oxygen atoms in total. The minimum atomic E-state index is -0.00762. The van der Waals surface area contributed by atoms with Crippen LogP contribution in [-0.2, 0) is 6.54 Å². The van der Waals surface area contributed by atoms with E-state index >= 15 is 0 Å². The van der Waals surface area contributed by atoms with Crippen LogP contribution < -0.4 is 9.64 Å². The summed E-state index contributed by atoms with van der Waals surface area (Å²) in [5.74, 6) is 1.48. The number of H-pyrrole nitrogens is 1. The van der Waals surface area contributed by atoms with Gasteiger partial charge in [-0.05, 0) is 64.8 Å². The lowest BCUT2D eigenvalue weighted by molar-refractivity contribution is 0.201. The van der Waals surface area contributed by atoms with Gasteiger partial charge in [-0.25, -0.2) is 9.97 Å². The highest BCUT2D eigenvalue weighted by atomic mass is 79.9. The van der Waals surface area contributed by atoms with Gasteiger partial charge in [-0.2, -0.15) is 0 Å². The first-order valence-corrected chi connectivity index (χ1v) is 12.2. The highest BCUT2D eigenvalue weighted by Crippen LogP contribution is 2.34. The molecule has 0 bridgehead atoms. The Morgan fingerprint density at radius 1 is 1.09 bits per heavy atom. The number of aryl methyl sites for hydroxylation is 1. The Morgan fingerprint density at radius 3 is 2.62 bits per heavy atom. The number of nitrogens with one attached hydrogen (secondary N) is 1. The third kappa shape index (κ3) is 4.91. The van der Waals surface area contributed by atoms with Crippen LogP contribution in [0.5, 0.6) is 5.75 Å². The van der Waals surface area contributed by atoms with Crippen molar-refractivity contribution in [3.8, 4) is 17.1 Å². The maximum Gasteiger partial charge on any atom is 0.159 e. The highest BCUT2D eigenvalue weighted by Gasteiger charge is 2.23. The van der Waals surface area contributed by atoms with E-state index in [2.05, 4.69) is 52.8 Å². The fourth-order valence-corrected chi connectivity index (χ4v) is 4.86. The minimum absolute atomic E-state index is 0.00762. The molecule has 1 aromatic carbocycles. The first kappa shape index (κ1) is 22.8. The van der Waals surface area contributed by atoms with Crippen LogP contribution in [0, 0.1) is 6.92 Å². The molecule has 4 aromatic rings. The lowest BCUT2D eigenvalue weighted by Gasteiger charge is -2.36. The molecule has 1 aliphatic heterocycles. The predicted molar refractivity (Wildman–Crippen MR) is 136 cm³/mol. The summed E-state index contributed by atoms with van der Waals surface area (Å²) in [6.07, 6.45) is 3.73. The smallest absolute Gasteiger partial charge is 0.159 e. The van der Waals surface area contributed by atoms with Gasteiger partial charge in [0.2, 0.25) is 0 Å². The Balaban J connectivity index is 1.33. The number of benzene rings is 1. The molecule has 0 unspecified atom stereocenters. The monoisotopic (exact) mass is 522 g/mol. The average molecular weight is 523 g/mol. The molecule has 0 amide bonds. The summed E-state index contributed by atoms with van der Waals surface area (Å²) >= 11 is 3.71. The summed E-state index contributed by atoms with van der Waals surface area (Å²) < 4.78 is 6.41. The number of hydrogen-bond acceptors (Lipinski definition) is 7. The normalized spacial score (nSPS) is 14.6. The Morgan fingerprint density at radius 2 is 1.88 bits per heavy atom. The number of piperazine rings is 1. The van der Waals surface area contributed by atoms with Gasteiger partial charge in [-0.15, -0.1) is 0 Å². The van der Waals surface area contributed by atoms with Gasteiger partial charge in [0.1, 0.15) is 23.7 Å². The number of aliphatic hydroxyl groups excluding tert-OH is 1. The molecule has 0 atom stereocenters. The molecule has 3 aromatic heterocycles. The fourth-order valence-electron chi connectivity index (χ4n) is 4.32. The van der Waals surface area contributed by atoms with Crippen LogP contribution in [0.15, 0.2) is 53.3 Å². The topological polar surface area (TPSA) is 90.4 Å².